The van der Waals surface area contributed by atoms with Crippen molar-refractivity contribution in [3.63, 3.8) is 0 Å². The van der Waals surface area contributed by atoms with Crippen LogP contribution in [-0.2, 0) is 6.61 Å². The number of halogens is 1. The maximum Gasteiger partial charge on any atom is 0.289 e. The summed E-state index contributed by atoms with van der Waals surface area (Å²) in [6, 6.07) is 31.1. The Hall–Kier alpha value is -4.03. The van der Waals surface area contributed by atoms with Crippen molar-refractivity contribution >= 4 is 49.7 Å². The van der Waals surface area contributed by atoms with Crippen molar-refractivity contribution in [1.82, 2.24) is 10.4 Å². The molecule has 5 rings (SSSR count). The second-order valence-electron chi connectivity index (χ2n) is 7.71. The number of amides is 1. The van der Waals surface area contributed by atoms with Crippen LogP contribution in [0.15, 0.2) is 107 Å². The van der Waals surface area contributed by atoms with E-state index in [-0.39, 0.29) is 5.91 Å². The van der Waals surface area contributed by atoms with E-state index in [9.17, 15) is 4.79 Å². The number of hydrogen-bond acceptors (Lipinski definition) is 4. The van der Waals surface area contributed by atoms with Gasteiger partial charge in [-0.25, -0.2) is 10.4 Å². The van der Waals surface area contributed by atoms with E-state index in [2.05, 4.69) is 31.4 Å². The summed E-state index contributed by atoms with van der Waals surface area (Å²) in [6.07, 6.45) is 1.62. The fourth-order valence-corrected chi connectivity index (χ4v) is 4.17. The normalized spacial score (nSPS) is 11.2. The maximum absolute atomic E-state index is 12.6. The number of hydrazone groups is 1. The molecule has 1 amide bonds. The van der Waals surface area contributed by atoms with Crippen LogP contribution in [0, 0.1) is 0 Å². The SMILES string of the molecule is O=C(N/N=C\c1c(OCc2cccc(Br)c2)ccc2ccccc12)c1ccc2ccccc2n1. The number of carbonyl (C=O) groups excluding carboxylic acids is 1. The van der Waals surface area contributed by atoms with E-state index in [0.717, 1.165) is 37.3 Å². The van der Waals surface area contributed by atoms with Crippen LogP contribution in [0.25, 0.3) is 21.7 Å². The summed E-state index contributed by atoms with van der Waals surface area (Å²) in [6.45, 7) is 0.409. The molecule has 1 heterocycles. The van der Waals surface area contributed by atoms with E-state index in [0.29, 0.717) is 18.1 Å². The number of rotatable bonds is 6. The van der Waals surface area contributed by atoms with E-state index in [1.54, 1.807) is 12.3 Å². The van der Waals surface area contributed by atoms with Crippen LogP contribution in [0.5, 0.6) is 5.75 Å². The number of nitrogens with zero attached hydrogens (tertiary/aromatic N) is 2. The average molecular weight is 510 g/mol. The quantitative estimate of drug-likeness (QED) is 0.210. The molecule has 0 saturated heterocycles. The number of aromatic nitrogens is 1. The van der Waals surface area contributed by atoms with Crippen molar-refractivity contribution in [2.75, 3.05) is 0 Å². The number of benzene rings is 4. The molecule has 6 heteroatoms. The van der Waals surface area contributed by atoms with Crippen LogP contribution < -0.4 is 10.2 Å². The smallest absolute Gasteiger partial charge is 0.289 e. The van der Waals surface area contributed by atoms with Gasteiger partial charge in [0.2, 0.25) is 0 Å². The summed E-state index contributed by atoms with van der Waals surface area (Å²) >= 11 is 3.49. The molecular formula is C28H20BrN3O2. The Morgan fingerprint density at radius 3 is 2.59 bits per heavy atom. The molecule has 0 fully saturated rings. The van der Waals surface area contributed by atoms with Crippen LogP contribution >= 0.6 is 15.9 Å². The summed E-state index contributed by atoms with van der Waals surface area (Å²) < 4.78 is 7.14. The molecule has 4 aromatic carbocycles. The number of fused-ring (bicyclic) bond motifs is 2. The lowest BCUT2D eigenvalue weighted by atomic mass is 10.0. The second kappa shape index (κ2) is 9.85. The highest BCUT2D eigenvalue weighted by Crippen LogP contribution is 2.27. The first-order chi connectivity index (χ1) is 16.7. The van der Waals surface area contributed by atoms with Gasteiger partial charge in [0.15, 0.2) is 0 Å². The van der Waals surface area contributed by atoms with E-state index >= 15 is 0 Å². The van der Waals surface area contributed by atoms with Crippen LogP contribution in [0.3, 0.4) is 0 Å². The first kappa shape index (κ1) is 21.8. The number of nitrogens with one attached hydrogen (secondary N) is 1. The van der Waals surface area contributed by atoms with Gasteiger partial charge in [0, 0.05) is 15.4 Å². The summed E-state index contributed by atoms with van der Waals surface area (Å²) in [5, 5.41) is 7.24. The molecule has 5 aromatic rings. The van der Waals surface area contributed by atoms with Gasteiger partial charge in [0.1, 0.15) is 18.1 Å². The highest BCUT2D eigenvalue weighted by Gasteiger charge is 2.10. The van der Waals surface area contributed by atoms with Gasteiger partial charge in [-0.3, -0.25) is 4.79 Å². The third-order valence-electron chi connectivity index (χ3n) is 5.40. The third kappa shape index (κ3) is 4.82. The molecule has 0 aliphatic heterocycles. The highest BCUT2D eigenvalue weighted by molar-refractivity contribution is 9.10. The summed E-state index contributed by atoms with van der Waals surface area (Å²) in [5.74, 6) is 0.305. The van der Waals surface area contributed by atoms with Gasteiger partial charge in [-0.1, -0.05) is 82.7 Å². The van der Waals surface area contributed by atoms with E-state index in [1.807, 2.05) is 91.0 Å². The number of pyridine rings is 1. The molecule has 0 atom stereocenters. The minimum atomic E-state index is -0.376. The molecule has 166 valence electrons. The number of carbonyl (C=O) groups is 1. The minimum Gasteiger partial charge on any atom is -0.488 e. The zero-order chi connectivity index (χ0) is 23.3. The van der Waals surface area contributed by atoms with E-state index < -0.39 is 0 Å². The predicted molar refractivity (Wildman–Crippen MR) is 139 cm³/mol. The summed E-state index contributed by atoms with van der Waals surface area (Å²) in [5.41, 5.74) is 5.49. The highest BCUT2D eigenvalue weighted by atomic mass is 79.9. The predicted octanol–water partition coefficient (Wildman–Crippen LogP) is 6.49. The lowest BCUT2D eigenvalue weighted by Gasteiger charge is -2.12. The van der Waals surface area contributed by atoms with Gasteiger partial charge in [0.05, 0.1) is 11.7 Å². The fraction of sp³-hybridized carbons (Fsp3) is 0.0357. The van der Waals surface area contributed by atoms with Crippen LogP contribution in [-0.4, -0.2) is 17.1 Å². The van der Waals surface area contributed by atoms with Crippen molar-refractivity contribution in [3.8, 4) is 5.75 Å². The molecule has 34 heavy (non-hydrogen) atoms. The zero-order valence-electron chi connectivity index (χ0n) is 18.1. The lowest BCUT2D eigenvalue weighted by molar-refractivity contribution is 0.0950. The Kier molecular flexibility index (Phi) is 6.31. The third-order valence-corrected chi connectivity index (χ3v) is 5.90. The number of para-hydroxylation sites is 1. The molecule has 1 N–H and O–H groups in total. The molecular weight excluding hydrogens is 490 g/mol. The van der Waals surface area contributed by atoms with Gasteiger partial charge >= 0.3 is 0 Å². The first-order valence-corrected chi connectivity index (χ1v) is 11.5. The molecule has 0 saturated carbocycles. The number of hydrogen-bond donors (Lipinski definition) is 1. The van der Waals surface area contributed by atoms with E-state index in [4.69, 9.17) is 4.74 Å². The van der Waals surface area contributed by atoms with Crippen molar-refractivity contribution < 1.29 is 9.53 Å². The molecule has 0 bridgehead atoms. The standard InChI is InChI=1S/C28H20BrN3O2/c29-22-9-5-6-19(16-22)18-34-27-15-13-20-7-1-3-10-23(20)24(27)17-30-32-28(33)26-14-12-21-8-2-4-11-25(21)31-26/h1-17H,18H2,(H,32,33)/b30-17-. The molecule has 5 nitrogen and oxygen atoms in total. The minimum absolute atomic E-state index is 0.305. The Balaban J connectivity index is 1.39. The van der Waals surface area contributed by atoms with Gasteiger partial charge in [0.25, 0.3) is 5.91 Å². The summed E-state index contributed by atoms with van der Waals surface area (Å²) in [4.78, 5) is 17.1. The first-order valence-electron chi connectivity index (χ1n) is 10.8. The molecule has 0 aliphatic carbocycles. The maximum atomic E-state index is 12.6. The molecule has 0 unspecified atom stereocenters. The van der Waals surface area contributed by atoms with Gasteiger partial charge in [-0.2, -0.15) is 5.10 Å². The molecule has 0 aliphatic rings. The van der Waals surface area contributed by atoms with Crippen LogP contribution in [0.4, 0.5) is 0 Å². The molecule has 0 radical (unpaired) electrons. The fourth-order valence-electron chi connectivity index (χ4n) is 3.73. The Bertz CT molecular complexity index is 1530. The lowest BCUT2D eigenvalue weighted by Crippen LogP contribution is -2.19. The topological polar surface area (TPSA) is 63.6 Å². The molecule has 1 aromatic heterocycles. The monoisotopic (exact) mass is 509 g/mol. The van der Waals surface area contributed by atoms with Crippen molar-refractivity contribution in [3.05, 3.63) is 118 Å². The van der Waals surface area contributed by atoms with Crippen molar-refractivity contribution in [1.29, 1.82) is 0 Å². The van der Waals surface area contributed by atoms with Crippen molar-refractivity contribution in [2.24, 2.45) is 5.10 Å². The van der Waals surface area contributed by atoms with Crippen LogP contribution in [0.1, 0.15) is 21.6 Å². The van der Waals surface area contributed by atoms with Gasteiger partial charge < -0.3 is 4.74 Å². The number of ether oxygens (including phenoxy) is 1. The van der Waals surface area contributed by atoms with Gasteiger partial charge in [-0.05, 0) is 46.7 Å². The van der Waals surface area contributed by atoms with Crippen LogP contribution in [0.2, 0.25) is 0 Å². The summed E-state index contributed by atoms with van der Waals surface area (Å²) in [7, 11) is 0. The second-order valence-corrected chi connectivity index (χ2v) is 8.62. The molecule has 0 spiro atoms. The largest absolute Gasteiger partial charge is 0.488 e. The zero-order valence-corrected chi connectivity index (χ0v) is 19.7. The Morgan fingerprint density at radius 2 is 1.71 bits per heavy atom. The Morgan fingerprint density at radius 1 is 0.912 bits per heavy atom. The van der Waals surface area contributed by atoms with E-state index in [1.165, 1.54) is 0 Å². The van der Waals surface area contributed by atoms with Crippen molar-refractivity contribution in [2.45, 2.75) is 6.61 Å². The van der Waals surface area contributed by atoms with Gasteiger partial charge in [-0.15, -0.1) is 0 Å². The Labute approximate surface area is 205 Å². The average Bonchev–Trinajstić information content (AvgIpc) is 2.87.